The Balaban J connectivity index is 1.98. The van der Waals surface area contributed by atoms with Crippen molar-refractivity contribution in [3.63, 3.8) is 0 Å². The molecule has 0 spiro atoms. The van der Waals surface area contributed by atoms with E-state index in [0.29, 0.717) is 5.82 Å². The summed E-state index contributed by atoms with van der Waals surface area (Å²) < 4.78 is 0. The van der Waals surface area contributed by atoms with Crippen molar-refractivity contribution in [1.29, 1.82) is 0 Å². The van der Waals surface area contributed by atoms with Crippen molar-refractivity contribution in [2.45, 2.75) is 0 Å². The fraction of sp³-hybridized carbons (Fsp3) is 0. The number of carbonyl (C=O) groups is 1. The fourth-order valence-corrected chi connectivity index (χ4v) is 1.92. The van der Waals surface area contributed by atoms with Gasteiger partial charge in [0.05, 0.1) is 5.69 Å². The van der Waals surface area contributed by atoms with Gasteiger partial charge >= 0.3 is 0 Å². The summed E-state index contributed by atoms with van der Waals surface area (Å²) in [6.45, 7) is 3.41. The third kappa shape index (κ3) is 2.29. The van der Waals surface area contributed by atoms with E-state index in [1.807, 2.05) is 30.5 Å². The molecule has 3 heterocycles. The third-order valence-electron chi connectivity index (χ3n) is 2.88. The van der Waals surface area contributed by atoms with Gasteiger partial charge in [-0.25, -0.2) is 9.97 Å². The summed E-state index contributed by atoms with van der Waals surface area (Å²) >= 11 is 0. The molecule has 0 radical (unpaired) electrons. The molecule has 0 atom stereocenters. The normalized spacial score (nSPS) is 10.4. The number of aromatic nitrogens is 3. The van der Waals surface area contributed by atoms with Crippen LogP contribution in [-0.4, -0.2) is 20.9 Å². The van der Waals surface area contributed by atoms with Gasteiger partial charge in [0.15, 0.2) is 0 Å². The molecule has 0 aliphatic carbocycles. The summed E-state index contributed by atoms with van der Waals surface area (Å²) in [5, 5.41) is 3.66. The van der Waals surface area contributed by atoms with Crippen LogP contribution in [0.15, 0.2) is 55.4 Å². The zero-order valence-electron chi connectivity index (χ0n) is 10.6. The van der Waals surface area contributed by atoms with Gasteiger partial charge < -0.3 is 10.3 Å². The lowest BCUT2D eigenvalue weighted by molar-refractivity contribution is -0.111. The van der Waals surface area contributed by atoms with Crippen LogP contribution in [0.4, 0.5) is 5.82 Å². The molecule has 20 heavy (non-hydrogen) atoms. The smallest absolute Gasteiger partial charge is 0.248 e. The topological polar surface area (TPSA) is 70.7 Å². The zero-order chi connectivity index (χ0) is 13.9. The van der Waals surface area contributed by atoms with E-state index < -0.39 is 0 Å². The maximum Gasteiger partial charge on any atom is 0.248 e. The molecule has 3 rings (SSSR count). The molecule has 0 unspecified atom stereocenters. The number of rotatable bonds is 3. The second kappa shape index (κ2) is 4.97. The molecule has 0 aromatic carbocycles. The SMILES string of the molecule is C=CC(=O)Nc1cccc(-c2cnc3[nH]ccc3c2)n1. The Morgan fingerprint density at radius 3 is 3.10 bits per heavy atom. The number of H-pyrrole nitrogens is 1. The standard InChI is InChI=1S/C15H12N4O/c1-2-14(20)19-13-5-3-4-12(18-13)11-8-10-6-7-16-15(10)17-9-11/h2-9H,1H2,(H,16,17)(H,18,19,20). The average molecular weight is 264 g/mol. The van der Waals surface area contributed by atoms with E-state index in [-0.39, 0.29) is 5.91 Å². The summed E-state index contributed by atoms with van der Waals surface area (Å²) in [6, 6.07) is 9.39. The molecular formula is C15H12N4O. The highest BCUT2D eigenvalue weighted by molar-refractivity contribution is 5.98. The molecule has 0 fully saturated rings. The number of pyridine rings is 2. The van der Waals surface area contributed by atoms with Crippen molar-refractivity contribution in [2.24, 2.45) is 0 Å². The highest BCUT2D eigenvalue weighted by atomic mass is 16.1. The van der Waals surface area contributed by atoms with Crippen LogP contribution in [0.1, 0.15) is 0 Å². The first-order valence-corrected chi connectivity index (χ1v) is 6.10. The van der Waals surface area contributed by atoms with Crippen LogP contribution < -0.4 is 5.32 Å². The van der Waals surface area contributed by atoms with Gasteiger partial charge in [0.1, 0.15) is 11.5 Å². The predicted molar refractivity (Wildman–Crippen MR) is 78.2 cm³/mol. The summed E-state index contributed by atoms with van der Waals surface area (Å²) in [6.07, 6.45) is 4.80. The van der Waals surface area contributed by atoms with E-state index >= 15 is 0 Å². The van der Waals surface area contributed by atoms with Gasteiger partial charge in [-0.3, -0.25) is 4.79 Å². The van der Waals surface area contributed by atoms with Crippen molar-refractivity contribution < 1.29 is 4.79 Å². The van der Waals surface area contributed by atoms with E-state index in [1.165, 1.54) is 6.08 Å². The number of aromatic amines is 1. The summed E-state index contributed by atoms with van der Waals surface area (Å²) in [5.74, 6) is 0.204. The number of amides is 1. The van der Waals surface area contributed by atoms with Gasteiger partial charge in [-0.1, -0.05) is 12.6 Å². The van der Waals surface area contributed by atoms with Crippen LogP contribution in [-0.2, 0) is 4.79 Å². The van der Waals surface area contributed by atoms with Gasteiger partial charge in [-0.2, -0.15) is 0 Å². The Morgan fingerprint density at radius 1 is 1.35 bits per heavy atom. The first kappa shape index (κ1) is 12.1. The minimum atomic E-state index is -0.283. The number of hydrogen-bond acceptors (Lipinski definition) is 3. The second-order valence-corrected chi connectivity index (χ2v) is 4.24. The number of carbonyl (C=O) groups excluding carboxylic acids is 1. The van der Waals surface area contributed by atoms with E-state index in [1.54, 1.807) is 12.3 Å². The van der Waals surface area contributed by atoms with Gasteiger partial charge in [-0.05, 0) is 30.3 Å². The van der Waals surface area contributed by atoms with Crippen LogP contribution >= 0.6 is 0 Å². The van der Waals surface area contributed by atoms with Gasteiger partial charge in [0.25, 0.3) is 0 Å². The number of anilines is 1. The highest BCUT2D eigenvalue weighted by Gasteiger charge is 2.05. The van der Waals surface area contributed by atoms with E-state index in [4.69, 9.17) is 0 Å². The molecule has 0 saturated heterocycles. The number of hydrogen-bond donors (Lipinski definition) is 2. The number of nitrogens with one attached hydrogen (secondary N) is 2. The lowest BCUT2D eigenvalue weighted by atomic mass is 10.1. The van der Waals surface area contributed by atoms with Crippen LogP contribution in [0.3, 0.4) is 0 Å². The van der Waals surface area contributed by atoms with Crippen LogP contribution in [0.2, 0.25) is 0 Å². The van der Waals surface area contributed by atoms with Gasteiger partial charge in [0, 0.05) is 23.3 Å². The zero-order valence-corrected chi connectivity index (χ0v) is 10.6. The van der Waals surface area contributed by atoms with Gasteiger partial charge in [-0.15, -0.1) is 0 Å². The average Bonchev–Trinajstić information content (AvgIpc) is 2.94. The molecule has 98 valence electrons. The first-order chi connectivity index (χ1) is 9.76. The molecule has 5 heteroatoms. The number of fused-ring (bicyclic) bond motifs is 1. The number of nitrogens with zero attached hydrogens (tertiary/aromatic N) is 2. The Labute approximate surface area is 115 Å². The van der Waals surface area contributed by atoms with Crippen molar-refractivity contribution in [3.05, 3.63) is 55.4 Å². The molecule has 5 nitrogen and oxygen atoms in total. The molecular weight excluding hydrogens is 252 g/mol. The van der Waals surface area contributed by atoms with E-state index in [0.717, 1.165) is 22.3 Å². The molecule has 0 aliphatic heterocycles. The van der Waals surface area contributed by atoms with Crippen molar-refractivity contribution in [1.82, 2.24) is 15.0 Å². The van der Waals surface area contributed by atoms with Crippen LogP contribution in [0.5, 0.6) is 0 Å². The van der Waals surface area contributed by atoms with Crippen LogP contribution in [0.25, 0.3) is 22.3 Å². The molecule has 2 N–H and O–H groups in total. The largest absolute Gasteiger partial charge is 0.346 e. The van der Waals surface area contributed by atoms with Gasteiger partial charge in [0.2, 0.25) is 5.91 Å². The minimum absolute atomic E-state index is 0.283. The van der Waals surface area contributed by atoms with Crippen molar-refractivity contribution in [2.75, 3.05) is 5.32 Å². The van der Waals surface area contributed by atoms with E-state index in [9.17, 15) is 4.79 Å². The summed E-state index contributed by atoms with van der Waals surface area (Å²) in [4.78, 5) is 23.0. The minimum Gasteiger partial charge on any atom is -0.346 e. The van der Waals surface area contributed by atoms with Crippen molar-refractivity contribution >= 4 is 22.8 Å². The molecule has 3 aromatic rings. The quantitative estimate of drug-likeness (QED) is 0.714. The molecule has 0 bridgehead atoms. The van der Waals surface area contributed by atoms with Crippen molar-refractivity contribution in [3.8, 4) is 11.3 Å². The monoisotopic (exact) mass is 264 g/mol. The summed E-state index contributed by atoms with van der Waals surface area (Å²) in [5.41, 5.74) is 2.49. The lowest BCUT2D eigenvalue weighted by Gasteiger charge is -2.05. The first-order valence-electron chi connectivity index (χ1n) is 6.10. The summed E-state index contributed by atoms with van der Waals surface area (Å²) in [7, 11) is 0. The maximum absolute atomic E-state index is 11.3. The third-order valence-corrected chi connectivity index (χ3v) is 2.88. The molecule has 0 aliphatic rings. The Kier molecular flexibility index (Phi) is 3.01. The van der Waals surface area contributed by atoms with E-state index in [2.05, 4.69) is 26.8 Å². The highest BCUT2D eigenvalue weighted by Crippen LogP contribution is 2.21. The van der Waals surface area contributed by atoms with Crippen LogP contribution in [0, 0.1) is 0 Å². The Hall–Kier alpha value is -2.95. The maximum atomic E-state index is 11.3. The predicted octanol–water partition coefficient (Wildman–Crippen LogP) is 2.75. The lowest BCUT2D eigenvalue weighted by Crippen LogP contribution is -2.08. The molecule has 1 amide bonds. The molecule has 0 saturated carbocycles. The second-order valence-electron chi connectivity index (χ2n) is 4.24. The Bertz CT molecular complexity index is 791. The molecule has 3 aromatic heterocycles. The Morgan fingerprint density at radius 2 is 2.25 bits per heavy atom. The fourth-order valence-electron chi connectivity index (χ4n) is 1.92.